The molecule has 0 spiro atoms. The number of fused-ring (bicyclic) bond motifs is 7. The van der Waals surface area contributed by atoms with Crippen LogP contribution < -0.4 is 0 Å². The Morgan fingerprint density at radius 2 is 1.46 bits per heavy atom. The Labute approximate surface area is 224 Å². The number of hydrogen-bond donors (Lipinski definition) is 0. The number of carbonyl (C=O) groups is 3. The van der Waals surface area contributed by atoms with Crippen LogP contribution in [0.15, 0.2) is 0 Å². The Morgan fingerprint density at radius 1 is 0.784 bits per heavy atom. The maximum Gasteiger partial charge on any atom is 0.302 e. The average molecular weight is 515 g/mol. The average Bonchev–Trinajstić information content (AvgIpc) is 3.16. The first-order valence-electron chi connectivity index (χ1n) is 15.0. The van der Waals surface area contributed by atoms with Crippen molar-refractivity contribution in [3.05, 3.63) is 0 Å². The highest BCUT2D eigenvalue weighted by Crippen LogP contribution is 2.77. The summed E-state index contributed by atoms with van der Waals surface area (Å²) in [6.07, 6.45) is 11.0. The van der Waals surface area contributed by atoms with Crippen molar-refractivity contribution in [1.29, 1.82) is 0 Å². The van der Waals surface area contributed by atoms with Gasteiger partial charge in [-0.25, -0.2) is 0 Å². The molecule has 37 heavy (non-hydrogen) atoms. The minimum Gasteiger partial charge on any atom is -0.465 e. The van der Waals surface area contributed by atoms with E-state index in [2.05, 4.69) is 34.6 Å². The zero-order chi connectivity index (χ0) is 27.0. The van der Waals surface area contributed by atoms with Crippen LogP contribution in [0.1, 0.15) is 113 Å². The Balaban J connectivity index is 1.48. The van der Waals surface area contributed by atoms with Crippen molar-refractivity contribution in [2.24, 2.45) is 56.7 Å². The van der Waals surface area contributed by atoms with E-state index < -0.39 is 5.41 Å². The van der Waals surface area contributed by atoms with Crippen LogP contribution in [0, 0.1) is 56.7 Å². The lowest BCUT2D eigenvalue weighted by Crippen LogP contribution is -2.67. The van der Waals surface area contributed by atoms with Gasteiger partial charge in [0.2, 0.25) is 0 Å². The van der Waals surface area contributed by atoms with E-state index in [1.165, 1.54) is 39.0 Å². The molecule has 0 amide bonds. The van der Waals surface area contributed by atoms with Crippen LogP contribution >= 0.6 is 0 Å². The van der Waals surface area contributed by atoms with Crippen LogP contribution in [0.4, 0.5) is 0 Å². The summed E-state index contributed by atoms with van der Waals surface area (Å²) >= 11 is 0. The number of carbonyl (C=O) groups excluding carboxylic acids is 3. The van der Waals surface area contributed by atoms with Gasteiger partial charge in [-0.15, -0.1) is 0 Å². The largest absolute Gasteiger partial charge is 0.465 e. The van der Waals surface area contributed by atoms with E-state index in [0.29, 0.717) is 36.7 Å². The molecule has 10 unspecified atom stereocenters. The third-order valence-corrected chi connectivity index (χ3v) is 13.6. The van der Waals surface area contributed by atoms with Crippen LogP contribution in [-0.2, 0) is 23.9 Å². The number of ether oxygens (including phenoxy) is 2. The van der Waals surface area contributed by atoms with Crippen molar-refractivity contribution in [2.75, 3.05) is 13.2 Å². The fraction of sp³-hybridized carbons (Fsp3) is 0.906. The predicted octanol–water partition coefficient (Wildman–Crippen LogP) is 6.76. The van der Waals surface area contributed by atoms with Crippen molar-refractivity contribution >= 4 is 17.7 Å². The Bertz CT molecular complexity index is 974. The van der Waals surface area contributed by atoms with Gasteiger partial charge in [-0.3, -0.25) is 14.4 Å². The summed E-state index contributed by atoms with van der Waals surface area (Å²) in [5, 5.41) is 0. The Kier molecular flexibility index (Phi) is 6.47. The van der Waals surface area contributed by atoms with E-state index in [0.717, 1.165) is 25.7 Å². The number of esters is 2. The molecule has 5 aliphatic carbocycles. The number of Topliss-reactive ketones (excluding diaryl/α,β-unsaturated/α-hetero) is 1. The van der Waals surface area contributed by atoms with E-state index in [-0.39, 0.29) is 51.9 Å². The highest BCUT2D eigenvalue weighted by molar-refractivity contribution is 5.86. The van der Waals surface area contributed by atoms with Gasteiger partial charge < -0.3 is 9.47 Å². The smallest absolute Gasteiger partial charge is 0.302 e. The van der Waals surface area contributed by atoms with Gasteiger partial charge in [0, 0.05) is 25.7 Å². The first-order chi connectivity index (χ1) is 17.2. The van der Waals surface area contributed by atoms with Crippen molar-refractivity contribution in [2.45, 2.75) is 113 Å². The van der Waals surface area contributed by atoms with E-state index in [1.54, 1.807) is 6.92 Å². The molecule has 0 aliphatic heterocycles. The highest BCUT2D eigenvalue weighted by Gasteiger charge is 2.71. The molecule has 0 aromatic carbocycles. The molecule has 5 saturated carbocycles. The van der Waals surface area contributed by atoms with Crippen molar-refractivity contribution in [3.8, 4) is 0 Å². The number of ketones is 1. The summed E-state index contributed by atoms with van der Waals surface area (Å²) in [7, 11) is 0. The van der Waals surface area contributed by atoms with Crippen LogP contribution in [0.25, 0.3) is 0 Å². The van der Waals surface area contributed by atoms with Gasteiger partial charge in [0.15, 0.2) is 0 Å². The molecule has 5 nitrogen and oxygen atoms in total. The lowest BCUT2D eigenvalue weighted by atomic mass is 9.32. The summed E-state index contributed by atoms with van der Waals surface area (Å²) < 4.78 is 11.3. The SMILES string of the molecule is CC(=O)OCC12CCC(C)C1C1CCC3C4(C)CCC(=O)C(C)(COC(C)=O)C4CCC3(C)C1(C)CC2. The van der Waals surface area contributed by atoms with E-state index in [9.17, 15) is 14.4 Å². The van der Waals surface area contributed by atoms with Gasteiger partial charge in [-0.05, 0) is 111 Å². The second kappa shape index (κ2) is 8.81. The van der Waals surface area contributed by atoms with Gasteiger partial charge in [-0.2, -0.15) is 0 Å². The van der Waals surface area contributed by atoms with E-state index >= 15 is 0 Å². The molecule has 0 aromatic rings. The van der Waals surface area contributed by atoms with Crippen molar-refractivity contribution < 1.29 is 23.9 Å². The molecule has 5 fully saturated rings. The third kappa shape index (κ3) is 3.71. The zero-order valence-corrected chi connectivity index (χ0v) is 24.4. The van der Waals surface area contributed by atoms with Crippen LogP contribution in [0.2, 0.25) is 0 Å². The molecular formula is C32H50O5. The normalized spacial score (nSPS) is 50.8. The van der Waals surface area contributed by atoms with Gasteiger partial charge in [0.05, 0.1) is 12.0 Å². The van der Waals surface area contributed by atoms with Gasteiger partial charge in [-0.1, -0.05) is 27.7 Å². The molecule has 0 bridgehead atoms. The number of rotatable bonds is 4. The molecular weight excluding hydrogens is 464 g/mol. The molecule has 0 saturated heterocycles. The summed E-state index contributed by atoms with van der Waals surface area (Å²) in [5.41, 5.74) is 0.126. The molecule has 10 atom stereocenters. The van der Waals surface area contributed by atoms with Gasteiger partial charge in [0.25, 0.3) is 0 Å². The lowest BCUT2D eigenvalue weighted by molar-refractivity contribution is -0.241. The van der Waals surface area contributed by atoms with Crippen LogP contribution in [0.3, 0.4) is 0 Å². The topological polar surface area (TPSA) is 69.7 Å². The Hall–Kier alpha value is -1.39. The van der Waals surface area contributed by atoms with Crippen molar-refractivity contribution in [1.82, 2.24) is 0 Å². The third-order valence-electron chi connectivity index (χ3n) is 13.6. The molecule has 0 radical (unpaired) electrons. The maximum atomic E-state index is 13.3. The fourth-order valence-electron chi connectivity index (χ4n) is 11.7. The van der Waals surface area contributed by atoms with Crippen LogP contribution in [0.5, 0.6) is 0 Å². The molecule has 0 N–H and O–H groups in total. The standard InChI is InChI=1S/C32H50O5/c1-20-10-15-32(19-37-22(3)34)17-16-30(6)23(27(20)32)8-9-25-28(4)13-12-26(35)29(5,18-36-21(2)33)24(28)11-14-31(25,30)7/h20,23-25,27H,8-19H2,1-7H3. The minimum absolute atomic E-state index is 0.0807. The minimum atomic E-state index is -0.580. The fourth-order valence-corrected chi connectivity index (χ4v) is 11.7. The summed E-state index contributed by atoms with van der Waals surface area (Å²) in [6.45, 7) is 16.0. The van der Waals surface area contributed by atoms with Gasteiger partial charge in [0.1, 0.15) is 12.4 Å². The molecule has 0 heterocycles. The van der Waals surface area contributed by atoms with E-state index in [1.807, 2.05) is 0 Å². The number of hydrogen-bond acceptors (Lipinski definition) is 5. The van der Waals surface area contributed by atoms with Crippen LogP contribution in [-0.4, -0.2) is 30.9 Å². The molecule has 208 valence electrons. The second-order valence-corrected chi connectivity index (χ2v) is 15.0. The van der Waals surface area contributed by atoms with E-state index in [4.69, 9.17) is 9.47 Å². The Morgan fingerprint density at radius 3 is 2.14 bits per heavy atom. The maximum absolute atomic E-state index is 13.3. The molecule has 5 rings (SSSR count). The molecule has 0 aromatic heterocycles. The van der Waals surface area contributed by atoms with Crippen molar-refractivity contribution in [3.63, 3.8) is 0 Å². The zero-order valence-electron chi connectivity index (χ0n) is 24.4. The monoisotopic (exact) mass is 514 g/mol. The summed E-state index contributed by atoms with van der Waals surface area (Å²) in [4.78, 5) is 36.8. The predicted molar refractivity (Wildman–Crippen MR) is 142 cm³/mol. The lowest BCUT2D eigenvalue weighted by Gasteiger charge is -2.72. The first-order valence-corrected chi connectivity index (χ1v) is 15.0. The molecule has 5 heteroatoms. The highest BCUT2D eigenvalue weighted by atomic mass is 16.5. The molecule has 5 aliphatic rings. The summed E-state index contributed by atoms with van der Waals surface area (Å²) in [6, 6.07) is 0. The quantitative estimate of drug-likeness (QED) is 0.388. The first kappa shape index (κ1) is 27.2. The summed E-state index contributed by atoms with van der Waals surface area (Å²) in [5.74, 6) is 2.63. The van der Waals surface area contributed by atoms with Gasteiger partial charge >= 0.3 is 11.9 Å². The second-order valence-electron chi connectivity index (χ2n) is 15.0.